The summed E-state index contributed by atoms with van der Waals surface area (Å²) in [5, 5.41) is 2.50. The average molecular weight is 387 g/mol. The molecule has 1 aromatic heterocycles. The molecule has 0 saturated heterocycles. The van der Waals surface area contributed by atoms with Crippen LogP contribution in [-0.4, -0.2) is 28.8 Å². The van der Waals surface area contributed by atoms with E-state index in [0.717, 1.165) is 41.1 Å². The molecule has 0 fully saturated rings. The Hall–Kier alpha value is -1.81. The number of hydrogen-bond donors (Lipinski definition) is 0. The number of halogens is 2. The Bertz CT molecular complexity index is 1020. The number of nitrogens with zero attached hydrogens (tertiary/aromatic N) is 2. The lowest BCUT2D eigenvalue weighted by atomic mass is 10.0. The number of Topliss-reactive ketones (excluding diaryl/α,β-unsaturated/α-hetero) is 1. The van der Waals surface area contributed by atoms with Crippen LogP contribution in [0.15, 0.2) is 36.4 Å². The molecule has 26 heavy (non-hydrogen) atoms. The Labute approximate surface area is 163 Å². The summed E-state index contributed by atoms with van der Waals surface area (Å²) in [5.74, 6) is 0.120. The van der Waals surface area contributed by atoms with Gasteiger partial charge in [-0.15, -0.1) is 0 Å². The summed E-state index contributed by atoms with van der Waals surface area (Å²) in [5.41, 5.74) is 5.17. The second-order valence-corrected chi connectivity index (χ2v) is 7.72. The highest BCUT2D eigenvalue weighted by Crippen LogP contribution is 2.36. The number of carbonyl (C=O) groups is 1. The molecule has 1 aliphatic heterocycles. The first-order valence-electron chi connectivity index (χ1n) is 8.83. The zero-order valence-corrected chi connectivity index (χ0v) is 16.4. The standard InChI is InChI=1S/C21H20Cl2N2O/c1-3-21(26)15-6-4-14(23)11-20(15)25-18-7-5-13(22)10-16(18)17-12-24(2)9-8-19(17)25/h4-7,10-11H,3,8-9,12H2,1-2H3. The summed E-state index contributed by atoms with van der Waals surface area (Å²) in [6.07, 6.45) is 1.38. The van der Waals surface area contributed by atoms with Gasteiger partial charge in [0.15, 0.2) is 5.78 Å². The minimum atomic E-state index is 0.120. The topological polar surface area (TPSA) is 25.2 Å². The number of rotatable bonds is 3. The van der Waals surface area contributed by atoms with Crippen LogP contribution in [0.5, 0.6) is 0 Å². The number of aromatic nitrogens is 1. The van der Waals surface area contributed by atoms with Crippen molar-refractivity contribution in [3.05, 3.63) is 63.3 Å². The van der Waals surface area contributed by atoms with E-state index in [1.165, 1.54) is 11.3 Å². The van der Waals surface area contributed by atoms with E-state index < -0.39 is 0 Å². The number of likely N-dealkylation sites (N-methyl/N-ethyl adjacent to an activating group) is 1. The molecule has 0 amide bonds. The van der Waals surface area contributed by atoms with Gasteiger partial charge >= 0.3 is 0 Å². The van der Waals surface area contributed by atoms with Crippen LogP contribution in [0.3, 0.4) is 0 Å². The van der Waals surface area contributed by atoms with Crippen molar-refractivity contribution < 1.29 is 4.79 Å². The lowest BCUT2D eigenvalue weighted by molar-refractivity contribution is 0.0988. The predicted molar refractivity (Wildman–Crippen MR) is 108 cm³/mol. The van der Waals surface area contributed by atoms with Crippen LogP contribution in [0.2, 0.25) is 10.0 Å². The highest BCUT2D eigenvalue weighted by Gasteiger charge is 2.25. The predicted octanol–water partition coefficient (Wildman–Crippen LogP) is 5.52. The maximum atomic E-state index is 12.6. The smallest absolute Gasteiger partial charge is 0.164 e. The van der Waals surface area contributed by atoms with Gasteiger partial charge in [-0.25, -0.2) is 0 Å². The van der Waals surface area contributed by atoms with Crippen LogP contribution in [0.25, 0.3) is 16.6 Å². The molecule has 0 spiro atoms. The molecule has 0 atom stereocenters. The van der Waals surface area contributed by atoms with E-state index in [1.54, 1.807) is 6.07 Å². The monoisotopic (exact) mass is 386 g/mol. The van der Waals surface area contributed by atoms with Crippen LogP contribution in [0, 0.1) is 0 Å². The number of fused-ring (bicyclic) bond motifs is 3. The molecule has 4 rings (SSSR count). The van der Waals surface area contributed by atoms with Gasteiger partial charge in [-0.3, -0.25) is 4.79 Å². The van der Waals surface area contributed by atoms with Crippen LogP contribution in [-0.2, 0) is 13.0 Å². The van der Waals surface area contributed by atoms with Crippen molar-refractivity contribution in [3.8, 4) is 5.69 Å². The first-order chi connectivity index (χ1) is 12.5. The number of carbonyl (C=O) groups excluding carboxylic acids is 1. The van der Waals surface area contributed by atoms with Crippen LogP contribution in [0.4, 0.5) is 0 Å². The molecule has 0 bridgehead atoms. The largest absolute Gasteiger partial charge is 0.312 e. The first kappa shape index (κ1) is 17.6. The van der Waals surface area contributed by atoms with E-state index in [2.05, 4.69) is 16.5 Å². The maximum Gasteiger partial charge on any atom is 0.164 e. The molecule has 0 N–H and O–H groups in total. The van der Waals surface area contributed by atoms with E-state index >= 15 is 0 Å². The van der Waals surface area contributed by atoms with Gasteiger partial charge in [0.05, 0.1) is 11.2 Å². The van der Waals surface area contributed by atoms with Crippen molar-refractivity contribution in [1.29, 1.82) is 0 Å². The Morgan fingerprint density at radius 2 is 1.85 bits per heavy atom. The molecule has 1 aliphatic rings. The summed E-state index contributed by atoms with van der Waals surface area (Å²) in [6, 6.07) is 11.5. The maximum absolute atomic E-state index is 12.6. The third-order valence-electron chi connectivity index (χ3n) is 5.12. The van der Waals surface area contributed by atoms with E-state index in [9.17, 15) is 4.79 Å². The molecule has 0 aliphatic carbocycles. The lowest BCUT2D eigenvalue weighted by Gasteiger charge is -2.25. The lowest BCUT2D eigenvalue weighted by Crippen LogP contribution is -2.27. The van der Waals surface area contributed by atoms with Gasteiger partial charge < -0.3 is 9.47 Å². The highest BCUT2D eigenvalue weighted by molar-refractivity contribution is 6.31. The van der Waals surface area contributed by atoms with Gasteiger partial charge in [0.25, 0.3) is 0 Å². The fourth-order valence-corrected chi connectivity index (χ4v) is 4.20. The Kier molecular flexibility index (Phi) is 4.55. The van der Waals surface area contributed by atoms with E-state index in [0.29, 0.717) is 17.0 Å². The van der Waals surface area contributed by atoms with Gasteiger partial charge in [-0.1, -0.05) is 30.1 Å². The van der Waals surface area contributed by atoms with Crippen molar-refractivity contribution in [2.24, 2.45) is 0 Å². The normalized spacial score (nSPS) is 14.6. The Balaban J connectivity index is 2.08. The van der Waals surface area contributed by atoms with Crippen LogP contribution >= 0.6 is 23.2 Å². The summed E-state index contributed by atoms with van der Waals surface area (Å²) in [4.78, 5) is 14.9. The van der Waals surface area contributed by atoms with E-state index in [-0.39, 0.29) is 5.78 Å². The molecule has 0 saturated carbocycles. The Morgan fingerprint density at radius 1 is 1.12 bits per heavy atom. The molecule has 2 aromatic carbocycles. The molecular weight excluding hydrogens is 367 g/mol. The van der Waals surface area contributed by atoms with Crippen molar-refractivity contribution in [2.75, 3.05) is 13.6 Å². The average Bonchev–Trinajstić information content (AvgIpc) is 2.94. The molecule has 3 aromatic rings. The van der Waals surface area contributed by atoms with Gasteiger partial charge in [-0.05, 0) is 49.0 Å². The Morgan fingerprint density at radius 3 is 2.62 bits per heavy atom. The molecule has 0 unspecified atom stereocenters. The van der Waals surface area contributed by atoms with E-state index in [1.807, 2.05) is 37.3 Å². The second-order valence-electron chi connectivity index (χ2n) is 6.85. The SMILES string of the molecule is CCC(=O)c1ccc(Cl)cc1-n1c2c(c3cc(Cl)ccc31)CN(C)CC2. The molecule has 3 nitrogen and oxygen atoms in total. The number of hydrogen-bond acceptors (Lipinski definition) is 2. The van der Waals surface area contributed by atoms with Gasteiger partial charge in [-0.2, -0.15) is 0 Å². The highest BCUT2D eigenvalue weighted by atomic mass is 35.5. The molecule has 2 heterocycles. The zero-order chi connectivity index (χ0) is 18.4. The van der Waals surface area contributed by atoms with Gasteiger partial charge in [0.2, 0.25) is 0 Å². The summed E-state index contributed by atoms with van der Waals surface area (Å²) in [6.45, 7) is 3.74. The summed E-state index contributed by atoms with van der Waals surface area (Å²) >= 11 is 12.6. The van der Waals surface area contributed by atoms with Crippen molar-refractivity contribution in [3.63, 3.8) is 0 Å². The zero-order valence-electron chi connectivity index (χ0n) is 14.9. The third kappa shape index (κ3) is 2.84. The van der Waals surface area contributed by atoms with Gasteiger partial charge in [0.1, 0.15) is 0 Å². The summed E-state index contributed by atoms with van der Waals surface area (Å²) < 4.78 is 2.21. The van der Waals surface area contributed by atoms with Crippen molar-refractivity contribution >= 4 is 39.9 Å². The molecule has 134 valence electrons. The number of ketones is 1. The second kappa shape index (κ2) is 6.73. The van der Waals surface area contributed by atoms with E-state index in [4.69, 9.17) is 23.2 Å². The van der Waals surface area contributed by atoms with Crippen molar-refractivity contribution in [2.45, 2.75) is 26.3 Å². The third-order valence-corrected chi connectivity index (χ3v) is 5.59. The fourth-order valence-electron chi connectivity index (χ4n) is 3.86. The van der Waals surface area contributed by atoms with Crippen LogP contribution < -0.4 is 0 Å². The van der Waals surface area contributed by atoms with Crippen LogP contribution in [0.1, 0.15) is 35.0 Å². The minimum absolute atomic E-state index is 0.120. The van der Waals surface area contributed by atoms with Crippen molar-refractivity contribution in [1.82, 2.24) is 9.47 Å². The number of benzene rings is 2. The molecule has 0 radical (unpaired) electrons. The molecule has 5 heteroatoms. The summed E-state index contributed by atoms with van der Waals surface area (Å²) in [7, 11) is 2.13. The molecular formula is C21H20Cl2N2O. The minimum Gasteiger partial charge on any atom is -0.312 e. The first-order valence-corrected chi connectivity index (χ1v) is 9.58. The fraction of sp³-hybridized carbons (Fsp3) is 0.286. The van der Waals surface area contributed by atoms with Gasteiger partial charge in [0, 0.05) is 52.6 Å². The quantitative estimate of drug-likeness (QED) is 0.553.